The molecular weight excluding hydrogens is 396 g/mol. The summed E-state index contributed by atoms with van der Waals surface area (Å²) in [7, 11) is -3.77. The summed E-state index contributed by atoms with van der Waals surface area (Å²) in [6, 6.07) is 10.4. The molecule has 2 heterocycles. The van der Waals surface area contributed by atoms with Gasteiger partial charge in [0.05, 0.1) is 22.7 Å². The van der Waals surface area contributed by atoms with E-state index in [1.165, 1.54) is 30.4 Å². The van der Waals surface area contributed by atoms with Crippen LogP contribution in [-0.2, 0) is 14.8 Å². The number of thiazole rings is 1. The third kappa shape index (κ3) is 4.80. The third-order valence-electron chi connectivity index (χ3n) is 3.99. The number of benzene rings is 1. The molecule has 2 N–H and O–H groups in total. The van der Waals surface area contributed by atoms with E-state index >= 15 is 0 Å². The second-order valence-electron chi connectivity index (χ2n) is 6.20. The Hall–Kier alpha value is -2.62. The van der Waals surface area contributed by atoms with Crippen molar-refractivity contribution in [3.05, 3.63) is 65.2 Å². The highest BCUT2D eigenvalue weighted by Gasteiger charge is 2.23. The van der Waals surface area contributed by atoms with Crippen LogP contribution in [0.5, 0.6) is 0 Å². The minimum Gasteiger partial charge on any atom is -0.346 e. The van der Waals surface area contributed by atoms with Crippen molar-refractivity contribution in [1.82, 2.24) is 20.0 Å². The van der Waals surface area contributed by atoms with Gasteiger partial charge < -0.3 is 5.32 Å². The van der Waals surface area contributed by atoms with E-state index in [1.807, 2.05) is 24.4 Å². The Morgan fingerprint density at radius 2 is 1.86 bits per heavy atom. The summed E-state index contributed by atoms with van der Waals surface area (Å²) in [5, 5.41) is 5.43. The predicted octanol–water partition coefficient (Wildman–Crippen LogP) is 2.75. The number of hydrogen-bond donors (Lipinski definition) is 2. The minimum absolute atomic E-state index is 0.115. The van der Waals surface area contributed by atoms with Crippen molar-refractivity contribution in [2.75, 3.05) is 0 Å². The van der Waals surface area contributed by atoms with Crippen LogP contribution in [0, 0.1) is 0 Å². The number of amides is 1. The molecule has 0 radical (unpaired) electrons. The monoisotopic (exact) mass is 416 g/mol. The highest BCUT2D eigenvalue weighted by atomic mass is 32.2. The normalized spacial score (nSPS) is 13.6. The summed E-state index contributed by atoms with van der Waals surface area (Å²) in [5.74, 6) is -0.426. The summed E-state index contributed by atoms with van der Waals surface area (Å²) in [4.78, 5) is 21.2. The molecular formula is C19H20N4O3S2. The first-order valence-corrected chi connectivity index (χ1v) is 11.0. The van der Waals surface area contributed by atoms with Gasteiger partial charge in [-0.1, -0.05) is 18.2 Å². The van der Waals surface area contributed by atoms with Crippen molar-refractivity contribution in [3.63, 3.8) is 0 Å². The summed E-state index contributed by atoms with van der Waals surface area (Å²) >= 11 is 1.42. The van der Waals surface area contributed by atoms with Gasteiger partial charge in [-0.2, -0.15) is 4.72 Å². The second kappa shape index (κ2) is 8.59. The van der Waals surface area contributed by atoms with Crippen LogP contribution >= 0.6 is 11.3 Å². The average Bonchev–Trinajstić information content (AvgIpc) is 3.19. The van der Waals surface area contributed by atoms with Crippen LogP contribution in [0.3, 0.4) is 0 Å². The van der Waals surface area contributed by atoms with Crippen molar-refractivity contribution in [2.45, 2.75) is 30.8 Å². The number of rotatable bonds is 7. The largest absolute Gasteiger partial charge is 0.346 e. The zero-order valence-electron chi connectivity index (χ0n) is 15.4. The van der Waals surface area contributed by atoms with Gasteiger partial charge in [0.2, 0.25) is 15.9 Å². The van der Waals surface area contributed by atoms with Crippen LogP contribution < -0.4 is 10.0 Å². The lowest BCUT2D eigenvalue weighted by Crippen LogP contribution is -2.45. The smallest absolute Gasteiger partial charge is 0.241 e. The fourth-order valence-electron chi connectivity index (χ4n) is 2.49. The van der Waals surface area contributed by atoms with Gasteiger partial charge >= 0.3 is 0 Å². The van der Waals surface area contributed by atoms with E-state index < -0.39 is 22.0 Å². The third-order valence-corrected chi connectivity index (χ3v) is 6.57. The minimum atomic E-state index is -3.77. The average molecular weight is 417 g/mol. The maximum absolute atomic E-state index is 12.4. The molecule has 7 nitrogen and oxygen atoms in total. The Kier molecular flexibility index (Phi) is 6.18. The molecule has 1 unspecified atom stereocenters. The lowest BCUT2D eigenvalue weighted by Gasteiger charge is -2.17. The van der Waals surface area contributed by atoms with Crippen LogP contribution in [0.25, 0.3) is 11.3 Å². The Morgan fingerprint density at radius 3 is 2.54 bits per heavy atom. The molecule has 0 aliphatic heterocycles. The van der Waals surface area contributed by atoms with E-state index in [1.54, 1.807) is 30.6 Å². The molecule has 0 saturated heterocycles. The molecule has 1 aromatic carbocycles. The van der Waals surface area contributed by atoms with Gasteiger partial charge in [0.15, 0.2) is 0 Å². The SMILES string of the molecule is CC(NC(=O)[C@H](C)NS(=O)(=O)c1ccccc1)c1nc(-c2cccnc2)cs1. The van der Waals surface area contributed by atoms with Gasteiger partial charge in [-0.25, -0.2) is 13.4 Å². The van der Waals surface area contributed by atoms with Crippen molar-refractivity contribution < 1.29 is 13.2 Å². The van der Waals surface area contributed by atoms with Crippen molar-refractivity contribution in [1.29, 1.82) is 0 Å². The van der Waals surface area contributed by atoms with Crippen LogP contribution in [0.2, 0.25) is 0 Å². The first kappa shape index (κ1) is 20.1. The Morgan fingerprint density at radius 1 is 1.11 bits per heavy atom. The number of nitrogens with zero attached hydrogens (tertiary/aromatic N) is 2. The van der Waals surface area contributed by atoms with E-state index in [0.29, 0.717) is 0 Å². The van der Waals surface area contributed by atoms with Gasteiger partial charge in [0.1, 0.15) is 5.01 Å². The fraction of sp³-hybridized carbons (Fsp3) is 0.211. The highest BCUT2D eigenvalue weighted by Crippen LogP contribution is 2.24. The number of aromatic nitrogens is 2. The molecule has 2 atom stereocenters. The summed E-state index contributed by atoms with van der Waals surface area (Å²) in [5.41, 5.74) is 1.68. The van der Waals surface area contributed by atoms with Crippen LogP contribution in [0.4, 0.5) is 0 Å². The Bertz CT molecular complexity index is 1040. The number of sulfonamides is 1. The second-order valence-corrected chi connectivity index (χ2v) is 8.80. The number of carbonyl (C=O) groups excluding carboxylic acids is 1. The number of nitrogens with one attached hydrogen (secondary N) is 2. The number of hydrogen-bond acceptors (Lipinski definition) is 6. The van der Waals surface area contributed by atoms with Crippen molar-refractivity contribution in [3.8, 4) is 11.3 Å². The molecule has 9 heteroatoms. The van der Waals surface area contributed by atoms with Gasteiger partial charge in [0, 0.05) is 23.3 Å². The lowest BCUT2D eigenvalue weighted by atomic mass is 10.2. The van der Waals surface area contributed by atoms with Crippen LogP contribution in [0.1, 0.15) is 24.9 Å². The maximum Gasteiger partial charge on any atom is 0.241 e. The Balaban J connectivity index is 1.63. The van der Waals surface area contributed by atoms with Crippen LogP contribution in [0.15, 0.2) is 65.1 Å². The molecule has 3 aromatic rings. The van der Waals surface area contributed by atoms with Gasteiger partial charge in [0.25, 0.3) is 0 Å². The molecule has 146 valence electrons. The van der Waals surface area contributed by atoms with E-state index in [2.05, 4.69) is 20.0 Å². The molecule has 2 aromatic heterocycles. The van der Waals surface area contributed by atoms with Crippen molar-refractivity contribution in [2.24, 2.45) is 0 Å². The van der Waals surface area contributed by atoms with Crippen LogP contribution in [-0.4, -0.2) is 30.3 Å². The van der Waals surface area contributed by atoms with E-state index in [0.717, 1.165) is 16.3 Å². The van der Waals surface area contributed by atoms with Gasteiger partial charge in [-0.3, -0.25) is 9.78 Å². The topological polar surface area (TPSA) is 101 Å². The zero-order chi connectivity index (χ0) is 20.1. The van der Waals surface area contributed by atoms with E-state index in [4.69, 9.17) is 0 Å². The van der Waals surface area contributed by atoms with E-state index in [-0.39, 0.29) is 10.9 Å². The molecule has 0 saturated carbocycles. The summed E-state index contributed by atoms with van der Waals surface area (Å²) in [6.45, 7) is 3.31. The fourth-order valence-corrected chi connectivity index (χ4v) is 4.55. The molecule has 0 bridgehead atoms. The molecule has 1 amide bonds. The predicted molar refractivity (Wildman–Crippen MR) is 108 cm³/mol. The first-order chi connectivity index (χ1) is 13.4. The van der Waals surface area contributed by atoms with Gasteiger partial charge in [-0.15, -0.1) is 11.3 Å². The number of pyridine rings is 1. The molecule has 0 aliphatic rings. The van der Waals surface area contributed by atoms with E-state index in [9.17, 15) is 13.2 Å². The lowest BCUT2D eigenvalue weighted by molar-refractivity contribution is -0.123. The van der Waals surface area contributed by atoms with Crippen molar-refractivity contribution >= 4 is 27.3 Å². The highest BCUT2D eigenvalue weighted by molar-refractivity contribution is 7.89. The molecule has 0 aliphatic carbocycles. The summed E-state index contributed by atoms with van der Waals surface area (Å²) < 4.78 is 27.1. The number of carbonyl (C=O) groups is 1. The first-order valence-electron chi connectivity index (χ1n) is 8.60. The molecule has 0 fully saturated rings. The molecule has 0 spiro atoms. The standard InChI is InChI=1S/C19H20N4O3S2/c1-13(23-28(25,26)16-8-4-3-5-9-16)18(24)21-14(2)19-22-17(12-27-19)15-7-6-10-20-11-15/h3-14,23H,1-2H3,(H,21,24)/t13-,14?/m0/s1. The molecule has 28 heavy (non-hydrogen) atoms. The summed E-state index contributed by atoms with van der Waals surface area (Å²) in [6.07, 6.45) is 3.42. The van der Waals surface area contributed by atoms with Gasteiger partial charge in [-0.05, 0) is 38.1 Å². The maximum atomic E-state index is 12.4. The Labute approximate surface area is 167 Å². The zero-order valence-corrected chi connectivity index (χ0v) is 17.0. The quantitative estimate of drug-likeness (QED) is 0.617. The molecule has 3 rings (SSSR count).